The molecule has 1 heterocycles. The van der Waals surface area contributed by atoms with Gasteiger partial charge < -0.3 is 27.5 Å². The van der Waals surface area contributed by atoms with Gasteiger partial charge in [0.05, 0.1) is 43.7 Å². The van der Waals surface area contributed by atoms with Crippen molar-refractivity contribution in [3.05, 3.63) is 0 Å². The largest absolute Gasteiger partial charge is 0.416 e. The number of rotatable bonds is 20. The number of ether oxygens (including phenoxy) is 1. The summed E-state index contributed by atoms with van der Waals surface area (Å²) in [6.07, 6.45) is -1.86. The monoisotopic (exact) mass is 850 g/mol. The van der Waals surface area contributed by atoms with Gasteiger partial charge in [-0.15, -0.1) is 0 Å². The van der Waals surface area contributed by atoms with Crippen molar-refractivity contribution in [2.75, 3.05) is 34.0 Å². The maximum absolute atomic E-state index is 16.1. The van der Waals surface area contributed by atoms with Crippen LogP contribution < -0.4 is 0 Å². The molecule has 10 nitrogen and oxygen atoms in total. The Hall–Kier alpha value is -0.272. The lowest BCUT2D eigenvalue weighted by molar-refractivity contribution is -0.171. The van der Waals surface area contributed by atoms with Crippen LogP contribution in [0.4, 0.5) is 0 Å². The number of nitrogens with zero attached hydrogens (tertiary/aromatic N) is 1. The number of ketones is 1. The molecule has 14 heteroatoms. The van der Waals surface area contributed by atoms with E-state index in [0.29, 0.717) is 0 Å². The lowest BCUT2D eigenvalue weighted by Crippen LogP contribution is -2.57. The van der Waals surface area contributed by atoms with Crippen molar-refractivity contribution >= 4 is 45.0 Å². The summed E-state index contributed by atoms with van der Waals surface area (Å²) in [5.74, 6) is -2.16. The summed E-state index contributed by atoms with van der Waals surface area (Å²) < 4.78 is 35.1. The highest BCUT2D eigenvalue weighted by Crippen LogP contribution is 2.51. The highest BCUT2D eigenvalue weighted by molar-refractivity contribution is 6.75. The Kier molecular flexibility index (Phi) is 17.4. The summed E-state index contributed by atoms with van der Waals surface area (Å²) in [6, 6.07) is 0. The summed E-state index contributed by atoms with van der Waals surface area (Å²) in [5, 5.41) is 10.9. The van der Waals surface area contributed by atoms with Gasteiger partial charge in [0.15, 0.2) is 33.3 Å². The number of epoxide rings is 1. The molecule has 0 spiro atoms. The number of amides is 1. The summed E-state index contributed by atoms with van der Waals surface area (Å²) in [4.78, 5) is 35.2. The second-order valence-electron chi connectivity index (χ2n) is 22.6. The molecule has 0 aromatic carbocycles. The molecule has 0 aromatic heterocycles. The van der Waals surface area contributed by atoms with Gasteiger partial charge in [-0.25, -0.2) is 5.06 Å². The first kappa shape index (κ1) is 52.7. The fourth-order valence-corrected chi connectivity index (χ4v) is 10.4. The average molecular weight is 850 g/mol. The Morgan fingerprint density at radius 2 is 1.09 bits per heavy atom. The minimum atomic E-state index is -2.56. The van der Waals surface area contributed by atoms with Crippen molar-refractivity contribution in [2.45, 2.75) is 200 Å². The highest BCUT2D eigenvalue weighted by atomic mass is 28.4. The van der Waals surface area contributed by atoms with Crippen molar-refractivity contribution in [2.24, 2.45) is 17.8 Å². The number of aliphatic hydroxyl groups is 1. The second kappa shape index (κ2) is 18.1. The van der Waals surface area contributed by atoms with E-state index in [1.807, 2.05) is 13.8 Å². The van der Waals surface area contributed by atoms with Crippen molar-refractivity contribution in [3.8, 4) is 0 Å². The minimum Gasteiger partial charge on any atom is -0.416 e. The molecular weight excluding hydrogens is 763 g/mol. The van der Waals surface area contributed by atoms with E-state index >= 15 is 4.79 Å². The Balaban J connectivity index is 4.29. The number of hydrogen-bond acceptors (Lipinski definition) is 9. The maximum Gasteiger partial charge on any atom is 0.248 e. The van der Waals surface area contributed by atoms with Crippen LogP contribution in [0.1, 0.15) is 103 Å². The van der Waals surface area contributed by atoms with Gasteiger partial charge in [0, 0.05) is 32.8 Å². The Morgan fingerprint density at radius 3 is 1.45 bits per heavy atom. The van der Waals surface area contributed by atoms with E-state index < -0.39 is 62.9 Å². The first-order chi connectivity index (χ1) is 24.2. The van der Waals surface area contributed by atoms with Crippen molar-refractivity contribution in [1.82, 2.24) is 5.06 Å². The van der Waals surface area contributed by atoms with E-state index in [-0.39, 0.29) is 70.1 Å². The van der Waals surface area contributed by atoms with Crippen LogP contribution in [0.3, 0.4) is 0 Å². The van der Waals surface area contributed by atoms with Crippen LogP contribution in [-0.2, 0) is 36.9 Å². The van der Waals surface area contributed by atoms with E-state index in [9.17, 15) is 9.90 Å². The molecule has 1 fully saturated rings. The highest BCUT2D eigenvalue weighted by Gasteiger charge is 2.65. The fraction of sp³-hybridized carbons (Fsp3) is 0.951. The smallest absolute Gasteiger partial charge is 0.248 e. The lowest BCUT2D eigenvalue weighted by Gasteiger charge is -2.46. The predicted octanol–water partition coefficient (Wildman–Crippen LogP) is 9.81. The lowest BCUT2D eigenvalue weighted by atomic mass is 9.79. The Morgan fingerprint density at radius 1 is 0.709 bits per heavy atom. The third-order valence-electron chi connectivity index (χ3n) is 14.1. The van der Waals surface area contributed by atoms with Crippen molar-refractivity contribution in [3.63, 3.8) is 0 Å². The fourth-order valence-electron chi connectivity index (χ4n) is 5.56. The Bertz CT molecular complexity index is 1280. The van der Waals surface area contributed by atoms with E-state index in [2.05, 4.69) is 135 Å². The van der Waals surface area contributed by atoms with Gasteiger partial charge in [-0.3, -0.25) is 14.4 Å². The van der Waals surface area contributed by atoms with Crippen LogP contribution in [-0.4, -0.2) is 113 Å². The average Bonchev–Trinajstić information content (AvgIpc) is 3.69. The number of carbonyl (C=O) groups is 2. The molecule has 0 aromatic rings. The molecule has 1 amide bonds. The molecule has 0 saturated carbocycles. The number of carbonyl (C=O) groups excluding carboxylic acids is 2. The zero-order valence-corrected chi connectivity index (χ0v) is 44.0. The van der Waals surface area contributed by atoms with Gasteiger partial charge in [0.1, 0.15) is 11.4 Å². The molecule has 1 saturated heterocycles. The Labute approximate surface area is 342 Å². The number of aliphatic hydroxyl groups excluding tert-OH is 1. The molecule has 1 aliphatic heterocycles. The quantitative estimate of drug-likeness (QED) is 0.0726. The van der Waals surface area contributed by atoms with Gasteiger partial charge in [-0.1, -0.05) is 90.0 Å². The summed E-state index contributed by atoms with van der Waals surface area (Å²) in [6.45, 7) is 47.9. The standard InChI is InChI=1S/C41H87NO9Si4/c1-29(26-43)35-41(14,49-35)36(51-55(23,24)40(11,12)13)31(28-48-53(19,20)38(5,6)7)34(45)30(27-47-52(17,18)37(2,3)4)32(25-33(44)42(15)46-16)50-54(21,22)39(8,9)10/h29-32,35-36,43H,25-28H2,1-24H3/t29-,30-,31-,32+,35+,36-,41-/m0/s1. The van der Waals surface area contributed by atoms with Crippen LogP contribution in [0.5, 0.6) is 0 Å². The number of hydrogen-bond donors (Lipinski definition) is 1. The molecular formula is C41H87NO9Si4. The minimum absolute atomic E-state index is 0.0489. The normalized spacial score (nSPS) is 22.2. The molecule has 1 rings (SSSR count). The van der Waals surface area contributed by atoms with Gasteiger partial charge >= 0.3 is 0 Å². The van der Waals surface area contributed by atoms with Crippen LogP contribution >= 0.6 is 0 Å². The van der Waals surface area contributed by atoms with E-state index in [0.717, 1.165) is 0 Å². The number of hydroxylamine groups is 2. The van der Waals surface area contributed by atoms with Gasteiger partial charge in [-0.05, 0) is 79.5 Å². The van der Waals surface area contributed by atoms with Crippen LogP contribution in [0.25, 0.3) is 0 Å². The zero-order valence-electron chi connectivity index (χ0n) is 40.0. The van der Waals surface area contributed by atoms with E-state index in [1.165, 1.54) is 12.2 Å². The van der Waals surface area contributed by atoms with Crippen LogP contribution in [0.15, 0.2) is 0 Å². The molecule has 1 N–H and O–H groups in total. The summed E-state index contributed by atoms with van der Waals surface area (Å²) in [7, 11) is -6.84. The third-order valence-corrected chi connectivity index (χ3v) is 32.1. The third kappa shape index (κ3) is 13.1. The van der Waals surface area contributed by atoms with Gasteiger partial charge in [-0.2, -0.15) is 0 Å². The molecule has 326 valence electrons. The topological polar surface area (TPSA) is 116 Å². The summed E-state index contributed by atoms with van der Waals surface area (Å²) in [5.41, 5.74) is -0.860. The van der Waals surface area contributed by atoms with Crippen molar-refractivity contribution in [1.29, 1.82) is 0 Å². The van der Waals surface area contributed by atoms with Crippen molar-refractivity contribution < 1.29 is 42.0 Å². The van der Waals surface area contributed by atoms with Crippen LogP contribution in [0.2, 0.25) is 72.5 Å². The van der Waals surface area contributed by atoms with Gasteiger partial charge in [0.25, 0.3) is 0 Å². The molecule has 0 aliphatic carbocycles. The number of Topliss-reactive ketones (excluding diaryl/α,β-unsaturated/α-hetero) is 1. The maximum atomic E-state index is 16.1. The van der Waals surface area contributed by atoms with Gasteiger partial charge in [0.2, 0.25) is 5.91 Å². The predicted molar refractivity (Wildman–Crippen MR) is 236 cm³/mol. The molecule has 7 atom stereocenters. The van der Waals surface area contributed by atoms with Crippen LogP contribution in [0, 0.1) is 17.8 Å². The second-order valence-corrected chi connectivity index (χ2v) is 41.8. The SMILES string of the molecule is CON(C)C(=O)C[C@@H](O[Si](C)(C)C(C)(C)C)[C@H](CO[Si](C)(C)C(C)(C)C)C(=O)[C@H](CO[Si](C)(C)C(C)(C)C)[C@H](O[Si](C)(C)C(C)(C)C)[C@@]1(C)O[C@@H]1[C@@H](C)CO. The summed E-state index contributed by atoms with van der Waals surface area (Å²) >= 11 is 0. The molecule has 0 unspecified atom stereocenters. The van der Waals surface area contributed by atoms with E-state index in [4.69, 9.17) is 27.3 Å². The van der Waals surface area contributed by atoms with E-state index in [1.54, 1.807) is 7.05 Å². The zero-order chi connectivity index (χ0) is 43.8. The molecule has 55 heavy (non-hydrogen) atoms. The molecule has 0 bridgehead atoms. The first-order valence-electron chi connectivity index (χ1n) is 20.5. The molecule has 1 aliphatic rings. The molecule has 0 radical (unpaired) electrons. The first-order valence-corrected chi connectivity index (χ1v) is 32.1.